The smallest absolute Gasteiger partial charge is 0.356 e. The van der Waals surface area contributed by atoms with E-state index in [1.807, 2.05) is 0 Å². The molecule has 0 radical (unpaired) electrons. The molecule has 2 atom stereocenters. The summed E-state index contributed by atoms with van der Waals surface area (Å²) in [5, 5.41) is 18.7. The minimum Gasteiger partial charge on any atom is -0.478 e. The van der Waals surface area contributed by atoms with Crippen LogP contribution in [-0.4, -0.2) is 99.7 Å². The van der Waals surface area contributed by atoms with Crippen LogP contribution in [0.15, 0.2) is 0 Å². The Morgan fingerprint density at radius 3 is 1.04 bits per heavy atom. The zero-order valence-corrected chi connectivity index (χ0v) is 14.4. The summed E-state index contributed by atoms with van der Waals surface area (Å²) in [6.07, 6.45) is 0. The average Bonchev–Trinajstić information content (AvgIpc) is 2.59. The highest BCUT2D eigenvalue weighted by Crippen LogP contribution is 2.22. The van der Waals surface area contributed by atoms with Gasteiger partial charge in [0, 0.05) is 0 Å². The topological polar surface area (TPSA) is 182 Å². The zero-order chi connectivity index (χ0) is 19.5. The van der Waals surface area contributed by atoms with Crippen molar-refractivity contribution in [1.82, 2.24) is 0 Å². The Kier molecular flexibility index (Phi) is 9.90. The summed E-state index contributed by atoms with van der Waals surface area (Å²) in [4.78, 5) is 23.1. The van der Waals surface area contributed by atoms with Crippen molar-refractivity contribution < 1.29 is 48.2 Å². The lowest BCUT2D eigenvalue weighted by Crippen LogP contribution is -2.76. The first-order valence-electron chi connectivity index (χ1n) is 7.98. The molecule has 1 aliphatic heterocycles. The molecule has 12 nitrogen and oxygen atoms in total. The molecule has 1 rings (SSSR count). The number of ether oxygens (including phenoxy) is 6. The van der Waals surface area contributed by atoms with Gasteiger partial charge < -0.3 is 38.6 Å². The first-order chi connectivity index (χ1) is 12.3. The van der Waals surface area contributed by atoms with Gasteiger partial charge in [-0.2, -0.15) is 0 Å². The molecule has 152 valence electrons. The van der Waals surface area contributed by atoms with Gasteiger partial charge in [-0.05, 0) is 0 Å². The van der Waals surface area contributed by atoms with Gasteiger partial charge >= 0.3 is 11.9 Å². The maximum absolute atomic E-state index is 11.5. The fourth-order valence-electron chi connectivity index (χ4n) is 1.94. The Labute approximate surface area is 150 Å². The van der Waals surface area contributed by atoms with Gasteiger partial charge in [-0.15, -0.1) is 0 Å². The summed E-state index contributed by atoms with van der Waals surface area (Å²) in [6.45, 7) is 1.08. The molecule has 0 spiro atoms. The second-order valence-electron chi connectivity index (χ2n) is 5.23. The molecule has 0 aromatic heterocycles. The molecule has 1 aliphatic rings. The van der Waals surface area contributed by atoms with Gasteiger partial charge in [0.25, 0.3) is 11.4 Å². The predicted octanol–water partition coefficient (Wildman–Crippen LogP) is -2.42. The van der Waals surface area contributed by atoms with E-state index in [1.54, 1.807) is 0 Å². The van der Waals surface area contributed by atoms with Crippen LogP contribution in [0, 0.1) is 0 Å². The Balaban J connectivity index is 2.78. The highest BCUT2D eigenvalue weighted by molar-refractivity contribution is 5.90. The second kappa shape index (κ2) is 11.4. The largest absolute Gasteiger partial charge is 0.478 e. The van der Waals surface area contributed by atoms with Crippen molar-refractivity contribution in [2.75, 3.05) is 66.1 Å². The summed E-state index contributed by atoms with van der Waals surface area (Å²) in [5.74, 6) is -3.59. The van der Waals surface area contributed by atoms with Gasteiger partial charge in [0.15, 0.2) is 0 Å². The van der Waals surface area contributed by atoms with Crippen molar-refractivity contribution >= 4 is 11.9 Å². The number of hydrogen-bond donors (Lipinski definition) is 4. The van der Waals surface area contributed by atoms with E-state index in [9.17, 15) is 19.8 Å². The first-order valence-corrected chi connectivity index (χ1v) is 7.98. The van der Waals surface area contributed by atoms with E-state index in [-0.39, 0.29) is 39.6 Å². The standard InChI is InChI=1S/C14H26N2O10/c15-13(11(17)18)14(16,12(19)20)26-10-8-24-6-4-22-2-1-21-3-5-23-7-9-25-13/h1-10,15-16H2,(H,17,18)(H,19,20). The van der Waals surface area contributed by atoms with Crippen molar-refractivity contribution in [3.63, 3.8) is 0 Å². The fraction of sp³-hybridized carbons (Fsp3) is 0.857. The molecule has 2 unspecified atom stereocenters. The number of rotatable bonds is 2. The minimum atomic E-state index is -2.84. The fourth-order valence-corrected chi connectivity index (χ4v) is 1.94. The molecule has 26 heavy (non-hydrogen) atoms. The van der Waals surface area contributed by atoms with E-state index in [0.717, 1.165) is 0 Å². The van der Waals surface area contributed by atoms with Gasteiger partial charge in [-0.1, -0.05) is 0 Å². The van der Waals surface area contributed by atoms with Crippen molar-refractivity contribution in [3.8, 4) is 0 Å². The lowest BCUT2D eigenvalue weighted by Gasteiger charge is -2.38. The number of hydrogen-bond acceptors (Lipinski definition) is 10. The van der Waals surface area contributed by atoms with Crippen LogP contribution in [0.5, 0.6) is 0 Å². The quantitative estimate of drug-likeness (QED) is 0.397. The van der Waals surface area contributed by atoms with Crippen molar-refractivity contribution in [2.24, 2.45) is 11.5 Å². The second-order valence-corrected chi connectivity index (χ2v) is 5.23. The van der Waals surface area contributed by atoms with Gasteiger partial charge in [0.2, 0.25) is 0 Å². The summed E-state index contributed by atoms with van der Waals surface area (Å²) >= 11 is 0. The first kappa shape index (κ1) is 22.7. The highest BCUT2D eigenvalue weighted by Gasteiger charge is 2.61. The molecule has 6 N–H and O–H groups in total. The van der Waals surface area contributed by atoms with Crippen LogP contribution < -0.4 is 11.5 Å². The number of aliphatic carboxylic acids is 2. The Hall–Kier alpha value is -1.38. The molecule has 0 aromatic rings. The number of carboxylic acids is 2. The third kappa shape index (κ3) is 6.41. The zero-order valence-electron chi connectivity index (χ0n) is 14.4. The summed E-state index contributed by atoms with van der Waals surface area (Å²) in [5.41, 5.74) is 5.60. The molecule has 12 heteroatoms. The lowest BCUT2D eigenvalue weighted by molar-refractivity contribution is -0.233. The van der Waals surface area contributed by atoms with Crippen molar-refractivity contribution in [1.29, 1.82) is 0 Å². The molecule has 1 fully saturated rings. The maximum atomic E-state index is 11.5. The Bertz CT molecular complexity index is 411. The third-order valence-electron chi connectivity index (χ3n) is 3.42. The summed E-state index contributed by atoms with van der Waals surface area (Å²) < 4.78 is 31.0. The average molecular weight is 382 g/mol. The van der Waals surface area contributed by atoms with Crippen LogP contribution in [0.3, 0.4) is 0 Å². The molecule has 0 saturated carbocycles. The normalized spacial score (nSPS) is 31.5. The third-order valence-corrected chi connectivity index (χ3v) is 3.42. The van der Waals surface area contributed by atoms with Crippen molar-refractivity contribution in [3.05, 3.63) is 0 Å². The monoisotopic (exact) mass is 382 g/mol. The molecular weight excluding hydrogens is 356 g/mol. The van der Waals surface area contributed by atoms with Gasteiger partial charge in [0.05, 0.1) is 66.1 Å². The van der Waals surface area contributed by atoms with E-state index in [1.165, 1.54) is 0 Å². The predicted molar refractivity (Wildman–Crippen MR) is 84.3 cm³/mol. The summed E-state index contributed by atoms with van der Waals surface area (Å²) in [6, 6.07) is 0. The summed E-state index contributed by atoms with van der Waals surface area (Å²) in [7, 11) is 0. The molecule has 1 heterocycles. The Morgan fingerprint density at radius 2 is 0.808 bits per heavy atom. The van der Waals surface area contributed by atoms with Crippen LogP contribution in [0.4, 0.5) is 0 Å². The van der Waals surface area contributed by atoms with Crippen LogP contribution in [0.1, 0.15) is 0 Å². The van der Waals surface area contributed by atoms with E-state index in [2.05, 4.69) is 0 Å². The van der Waals surface area contributed by atoms with Crippen LogP contribution in [0.2, 0.25) is 0 Å². The van der Waals surface area contributed by atoms with E-state index < -0.39 is 23.4 Å². The van der Waals surface area contributed by atoms with Crippen molar-refractivity contribution in [2.45, 2.75) is 11.4 Å². The van der Waals surface area contributed by atoms with E-state index in [0.29, 0.717) is 26.4 Å². The molecule has 0 aliphatic carbocycles. The van der Waals surface area contributed by atoms with Gasteiger partial charge in [0.1, 0.15) is 0 Å². The van der Waals surface area contributed by atoms with E-state index >= 15 is 0 Å². The Morgan fingerprint density at radius 1 is 0.577 bits per heavy atom. The van der Waals surface area contributed by atoms with Gasteiger partial charge in [-0.25, -0.2) is 9.59 Å². The maximum Gasteiger partial charge on any atom is 0.356 e. The van der Waals surface area contributed by atoms with E-state index in [4.69, 9.17) is 39.9 Å². The molecular formula is C14H26N2O10. The number of nitrogens with two attached hydrogens (primary N) is 2. The SMILES string of the molecule is NC1(C(=O)O)OCCOCCOCCOCCOCCOC1(N)C(=O)O. The van der Waals surface area contributed by atoms with Crippen LogP contribution in [0.25, 0.3) is 0 Å². The van der Waals surface area contributed by atoms with Crippen LogP contribution >= 0.6 is 0 Å². The highest BCUT2D eigenvalue weighted by atomic mass is 16.6. The lowest BCUT2D eigenvalue weighted by atomic mass is 10.0. The number of carboxylic acid groups (broad SMARTS) is 2. The minimum absolute atomic E-state index is 0.0507. The van der Waals surface area contributed by atoms with Crippen LogP contribution in [-0.2, 0) is 38.0 Å². The molecule has 0 bridgehead atoms. The van der Waals surface area contributed by atoms with Gasteiger partial charge in [-0.3, -0.25) is 11.5 Å². The molecule has 1 saturated heterocycles. The molecule has 0 aromatic carbocycles. The molecule has 0 amide bonds. The number of carbonyl (C=O) groups is 2.